The zero-order valence-electron chi connectivity index (χ0n) is 13.4. The van der Waals surface area contributed by atoms with Gasteiger partial charge in [-0.05, 0) is 43.0 Å². The van der Waals surface area contributed by atoms with Crippen molar-refractivity contribution in [2.24, 2.45) is 5.92 Å². The first-order valence-electron chi connectivity index (χ1n) is 8.03. The fourth-order valence-corrected chi connectivity index (χ4v) is 3.07. The van der Waals surface area contributed by atoms with Crippen LogP contribution < -0.4 is 5.32 Å². The molecule has 5 nitrogen and oxygen atoms in total. The van der Waals surface area contributed by atoms with Crippen LogP contribution in [0.3, 0.4) is 0 Å². The fraction of sp³-hybridized carbons (Fsp3) is 0.211. The largest absolute Gasteiger partial charge is 0.326 e. The molecular weight excluding hydrogens is 300 g/mol. The summed E-state index contributed by atoms with van der Waals surface area (Å²) in [7, 11) is 0. The normalized spacial score (nSPS) is 19.0. The van der Waals surface area contributed by atoms with Gasteiger partial charge in [0.1, 0.15) is 12.7 Å². The SMILES string of the molecule is Cc1cccc([C@H]2C[C@@H]2C(=O)Nc2cccc(-n3cnnc3)c2)c1. The zero-order valence-corrected chi connectivity index (χ0v) is 13.4. The minimum Gasteiger partial charge on any atom is -0.326 e. The van der Waals surface area contributed by atoms with Crippen molar-refractivity contribution in [3.8, 4) is 5.69 Å². The Kier molecular flexibility index (Phi) is 3.61. The van der Waals surface area contributed by atoms with Crippen molar-refractivity contribution in [2.45, 2.75) is 19.3 Å². The van der Waals surface area contributed by atoms with Gasteiger partial charge < -0.3 is 5.32 Å². The summed E-state index contributed by atoms with van der Waals surface area (Å²) < 4.78 is 1.81. The first-order chi connectivity index (χ1) is 11.7. The molecule has 1 N–H and O–H groups in total. The Balaban J connectivity index is 1.45. The number of nitrogens with zero attached hydrogens (tertiary/aromatic N) is 3. The summed E-state index contributed by atoms with van der Waals surface area (Å²) >= 11 is 0. The summed E-state index contributed by atoms with van der Waals surface area (Å²) in [6.07, 6.45) is 4.19. The standard InChI is InChI=1S/C19H18N4O/c1-13-4-2-5-14(8-13)17-10-18(17)19(24)22-15-6-3-7-16(9-15)23-11-20-21-12-23/h2-9,11-12,17-18H,10H2,1H3,(H,22,24)/t17-,18+/m1/s1. The molecule has 2 aromatic carbocycles. The van der Waals surface area contributed by atoms with Crippen LogP contribution in [0.5, 0.6) is 0 Å². The monoisotopic (exact) mass is 318 g/mol. The number of nitrogens with one attached hydrogen (secondary N) is 1. The minimum absolute atomic E-state index is 0.0605. The van der Waals surface area contributed by atoms with E-state index in [2.05, 4.69) is 46.7 Å². The lowest BCUT2D eigenvalue weighted by Crippen LogP contribution is -2.14. The Bertz CT molecular complexity index is 873. The van der Waals surface area contributed by atoms with E-state index in [4.69, 9.17) is 0 Å². The Hall–Kier alpha value is -2.95. The molecule has 1 amide bonds. The van der Waals surface area contributed by atoms with Crippen molar-refractivity contribution in [2.75, 3.05) is 5.32 Å². The van der Waals surface area contributed by atoms with Crippen LogP contribution in [0.15, 0.2) is 61.2 Å². The Morgan fingerprint density at radius 1 is 1.12 bits per heavy atom. The van der Waals surface area contributed by atoms with Gasteiger partial charge in [-0.3, -0.25) is 9.36 Å². The van der Waals surface area contributed by atoms with E-state index >= 15 is 0 Å². The molecule has 24 heavy (non-hydrogen) atoms. The summed E-state index contributed by atoms with van der Waals surface area (Å²) in [4.78, 5) is 12.5. The molecule has 1 fully saturated rings. The van der Waals surface area contributed by atoms with Crippen molar-refractivity contribution in [3.05, 3.63) is 72.3 Å². The first kappa shape index (κ1) is 14.6. The van der Waals surface area contributed by atoms with Crippen molar-refractivity contribution in [3.63, 3.8) is 0 Å². The highest BCUT2D eigenvalue weighted by Gasteiger charge is 2.43. The lowest BCUT2D eigenvalue weighted by Gasteiger charge is -2.08. The van der Waals surface area contributed by atoms with E-state index in [9.17, 15) is 4.79 Å². The molecule has 0 unspecified atom stereocenters. The number of hydrogen-bond donors (Lipinski definition) is 1. The third-order valence-corrected chi connectivity index (χ3v) is 4.43. The number of carbonyl (C=O) groups is 1. The highest BCUT2D eigenvalue weighted by Crippen LogP contribution is 2.48. The lowest BCUT2D eigenvalue weighted by atomic mass is 10.1. The van der Waals surface area contributed by atoms with Crippen LogP contribution in [0.4, 0.5) is 5.69 Å². The van der Waals surface area contributed by atoms with Crippen LogP contribution in [0.25, 0.3) is 5.69 Å². The average Bonchev–Trinajstić information content (AvgIpc) is 3.21. The summed E-state index contributed by atoms with van der Waals surface area (Å²) in [5.74, 6) is 0.485. The molecule has 2 atom stereocenters. The van der Waals surface area contributed by atoms with Crippen LogP contribution in [-0.4, -0.2) is 20.7 Å². The average molecular weight is 318 g/mol. The maximum atomic E-state index is 12.5. The molecule has 1 heterocycles. The van der Waals surface area contributed by atoms with E-state index in [-0.39, 0.29) is 11.8 Å². The predicted octanol–water partition coefficient (Wildman–Crippen LogP) is 3.32. The Labute approximate surface area is 140 Å². The molecule has 0 bridgehead atoms. The highest BCUT2D eigenvalue weighted by atomic mass is 16.2. The third-order valence-electron chi connectivity index (χ3n) is 4.43. The molecule has 5 heteroatoms. The van der Waals surface area contributed by atoms with E-state index < -0.39 is 0 Å². The molecule has 1 aliphatic carbocycles. The number of hydrogen-bond acceptors (Lipinski definition) is 3. The van der Waals surface area contributed by atoms with Crippen LogP contribution in [0, 0.1) is 12.8 Å². The summed E-state index contributed by atoms with van der Waals surface area (Å²) in [5, 5.41) is 10.6. The molecule has 0 spiro atoms. The Morgan fingerprint density at radius 3 is 2.71 bits per heavy atom. The smallest absolute Gasteiger partial charge is 0.228 e. The van der Waals surface area contributed by atoms with Gasteiger partial charge in [-0.1, -0.05) is 35.9 Å². The summed E-state index contributed by atoms with van der Waals surface area (Å²) in [6.45, 7) is 2.08. The molecule has 4 rings (SSSR count). The van der Waals surface area contributed by atoms with Crippen molar-refractivity contribution < 1.29 is 4.79 Å². The van der Waals surface area contributed by atoms with Gasteiger partial charge in [-0.2, -0.15) is 0 Å². The number of aromatic nitrogens is 3. The summed E-state index contributed by atoms with van der Waals surface area (Å²) in [5.41, 5.74) is 4.21. The number of amides is 1. The van der Waals surface area contributed by atoms with Gasteiger partial charge in [-0.25, -0.2) is 0 Å². The van der Waals surface area contributed by atoms with E-state index in [0.29, 0.717) is 5.92 Å². The van der Waals surface area contributed by atoms with Crippen molar-refractivity contribution in [1.29, 1.82) is 0 Å². The van der Waals surface area contributed by atoms with Gasteiger partial charge in [0.15, 0.2) is 0 Å². The molecule has 1 aromatic heterocycles. The fourth-order valence-electron chi connectivity index (χ4n) is 3.07. The number of rotatable bonds is 4. The molecule has 1 saturated carbocycles. The van der Waals surface area contributed by atoms with Gasteiger partial charge in [0.2, 0.25) is 5.91 Å². The topological polar surface area (TPSA) is 59.8 Å². The minimum atomic E-state index is 0.0605. The number of benzene rings is 2. The second-order valence-electron chi connectivity index (χ2n) is 6.27. The van der Waals surface area contributed by atoms with E-state index in [1.807, 2.05) is 28.8 Å². The summed E-state index contributed by atoms with van der Waals surface area (Å²) in [6, 6.07) is 16.1. The molecule has 0 saturated heterocycles. The first-order valence-corrected chi connectivity index (χ1v) is 8.03. The molecule has 0 radical (unpaired) electrons. The van der Waals surface area contributed by atoms with Gasteiger partial charge in [-0.15, -0.1) is 10.2 Å². The maximum Gasteiger partial charge on any atom is 0.228 e. The van der Waals surface area contributed by atoms with Crippen LogP contribution >= 0.6 is 0 Å². The third kappa shape index (κ3) is 2.93. The number of carbonyl (C=O) groups excluding carboxylic acids is 1. The van der Waals surface area contributed by atoms with Gasteiger partial charge in [0, 0.05) is 11.6 Å². The van der Waals surface area contributed by atoms with E-state index in [1.165, 1.54) is 11.1 Å². The second kappa shape index (κ2) is 5.92. The van der Waals surface area contributed by atoms with Crippen LogP contribution in [0.1, 0.15) is 23.5 Å². The zero-order chi connectivity index (χ0) is 16.5. The Morgan fingerprint density at radius 2 is 1.92 bits per heavy atom. The van der Waals surface area contributed by atoms with Gasteiger partial charge >= 0.3 is 0 Å². The van der Waals surface area contributed by atoms with E-state index in [0.717, 1.165) is 17.8 Å². The van der Waals surface area contributed by atoms with Crippen LogP contribution in [0.2, 0.25) is 0 Å². The molecule has 120 valence electrons. The quantitative estimate of drug-likeness (QED) is 0.803. The van der Waals surface area contributed by atoms with Gasteiger partial charge in [0.05, 0.1) is 5.69 Å². The lowest BCUT2D eigenvalue weighted by molar-refractivity contribution is -0.117. The highest BCUT2D eigenvalue weighted by molar-refractivity contribution is 5.95. The second-order valence-corrected chi connectivity index (χ2v) is 6.27. The van der Waals surface area contributed by atoms with E-state index in [1.54, 1.807) is 12.7 Å². The number of aryl methyl sites for hydroxylation is 1. The van der Waals surface area contributed by atoms with Crippen molar-refractivity contribution >= 4 is 11.6 Å². The molecular formula is C19H18N4O. The molecule has 1 aliphatic rings. The maximum absolute atomic E-state index is 12.5. The number of anilines is 1. The molecule has 0 aliphatic heterocycles. The predicted molar refractivity (Wildman–Crippen MR) is 92.0 cm³/mol. The van der Waals surface area contributed by atoms with Gasteiger partial charge in [0.25, 0.3) is 0 Å². The van der Waals surface area contributed by atoms with Crippen LogP contribution in [-0.2, 0) is 4.79 Å². The molecule has 3 aromatic rings. The van der Waals surface area contributed by atoms with Crippen molar-refractivity contribution in [1.82, 2.24) is 14.8 Å².